The van der Waals surface area contributed by atoms with Crippen LogP contribution in [0.5, 0.6) is 0 Å². The van der Waals surface area contributed by atoms with Crippen LogP contribution < -0.4 is 24.8 Å². The van der Waals surface area contributed by atoms with Crippen LogP contribution in [-0.4, -0.2) is 6.54 Å². The summed E-state index contributed by atoms with van der Waals surface area (Å²) >= 11 is 0. The van der Waals surface area contributed by atoms with Crippen molar-refractivity contribution in [2.24, 2.45) is 5.92 Å². The fourth-order valence-corrected chi connectivity index (χ4v) is 2.97. The van der Waals surface area contributed by atoms with Gasteiger partial charge in [0.05, 0.1) is 0 Å². The van der Waals surface area contributed by atoms with Crippen molar-refractivity contribution in [3.63, 3.8) is 0 Å². The third-order valence-corrected chi connectivity index (χ3v) is 4.73. The van der Waals surface area contributed by atoms with E-state index in [1.165, 1.54) is 33.4 Å². The number of allylic oxidation sites excluding steroid dienone is 4. The summed E-state index contributed by atoms with van der Waals surface area (Å²) in [5.74, 6) is 0.552. The Morgan fingerprint density at radius 1 is 1.04 bits per heavy atom. The van der Waals surface area contributed by atoms with Gasteiger partial charge in [-0.3, -0.25) is 0 Å². The molecule has 1 atom stereocenters. The van der Waals surface area contributed by atoms with Gasteiger partial charge < -0.3 is 30.5 Å². The predicted molar refractivity (Wildman–Crippen MR) is 99.7 cm³/mol. The maximum Gasteiger partial charge on any atom is 2.00 e. The zero-order chi connectivity index (χ0) is 16.7. The summed E-state index contributed by atoms with van der Waals surface area (Å²) in [4.78, 5) is 0. The Bertz CT molecular complexity index is 563. The summed E-state index contributed by atoms with van der Waals surface area (Å²) in [6.45, 7) is 13.9. The summed E-state index contributed by atoms with van der Waals surface area (Å²) in [5, 5.41) is 0. The van der Waals surface area contributed by atoms with Crippen molar-refractivity contribution in [2.45, 2.75) is 54.4 Å². The molecule has 0 aliphatic heterocycles. The minimum Gasteiger partial charge on any atom is -1.00 e. The second kappa shape index (κ2) is 14.9. The van der Waals surface area contributed by atoms with E-state index in [9.17, 15) is 0 Å². The van der Waals surface area contributed by atoms with E-state index in [0.29, 0.717) is 12.5 Å². The molecule has 25 heavy (non-hydrogen) atoms. The van der Waals surface area contributed by atoms with Crippen molar-refractivity contribution in [2.75, 3.05) is 6.54 Å². The first kappa shape index (κ1) is 29.6. The third-order valence-electron chi connectivity index (χ3n) is 4.73. The smallest absolute Gasteiger partial charge is 1.00 e. The van der Waals surface area contributed by atoms with Crippen LogP contribution in [0, 0.1) is 12.3 Å². The van der Waals surface area contributed by atoms with Crippen molar-refractivity contribution in [1.29, 1.82) is 0 Å². The van der Waals surface area contributed by atoms with Gasteiger partial charge in [-0.2, -0.15) is 24.6 Å². The molecule has 1 nitrogen and oxygen atoms in total. The number of hydrogen-bond acceptors (Lipinski definition) is 0. The second-order valence-electron chi connectivity index (χ2n) is 6.05. The SMILES string of the molecule is CCCC[NH-].C[CH-]c1ccccc1C1=C(C)C(C)=C(C)C1C.[Cl-].[Cl-].[Ti+2]. The molecule has 1 unspecified atom stereocenters. The van der Waals surface area contributed by atoms with Crippen LogP contribution in [-0.2, 0) is 21.7 Å². The van der Waals surface area contributed by atoms with E-state index in [-0.39, 0.29) is 46.5 Å². The van der Waals surface area contributed by atoms with Gasteiger partial charge in [-0.05, 0) is 32.3 Å². The number of nitrogens with one attached hydrogen (secondary N) is 1. The summed E-state index contributed by atoms with van der Waals surface area (Å²) < 4.78 is 0. The monoisotopic (exact) mass is 415 g/mol. The largest absolute Gasteiger partial charge is 2.00 e. The van der Waals surface area contributed by atoms with Crippen molar-refractivity contribution in [1.82, 2.24) is 0 Å². The van der Waals surface area contributed by atoms with Crippen LogP contribution >= 0.6 is 0 Å². The first-order valence-electron chi connectivity index (χ1n) is 8.41. The quantitative estimate of drug-likeness (QED) is 0.514. The van der Waals surface area contributed by atoms with Crippen LogP contribution in [0.25, 0.3) is 11.3 Å². The number of benzene rings is 1. The Labute approximate surface area is 182 Å². The molecule has 0 fully saturated rings. The minimum absolute atomic E-state index is 0. The van der Waals surface area contributed by atoms with Crippen LogP contribution in [0.4, 0.5) is 0 Å². The van der Waals surface area contributed by atoms with Crippen molar-refractivity contribution < 1.29 is 46.5 Å². The molecule has 0 heterocycles. The van der Waals surface area contributed by atoms with Crippen molar-refractivity contribution in [3.05, 3.63) is 64.3 Å². The molecule has 0 saturated carbocycles. The van der Waals surface area contributed by atoms with Gasteiger partial charge in [-0.15, -0.1) is 17.7 Å². The molecule has 140 valence electrons. The normalized spacial score (nSPS) is 15.4. The molecule has 0 spiro atoms. The first-order chi connectivity index (χ1) is 10.5. The van der Waals surface area contributed by atoms with E-state index in [1.807, 2.05) is 0 Å². The van der Waals surface area contributed by atoms with Gasteiger partial charge in [0.25, 0.3) is 0 Å². The van der Waals surface area contributed by atoms with Crippen LogP contribution in [0.2, 0.25) is 0 Å². The molecule has 1 aromatic rings. The first-order valence-corrected chi connectivity index (χ1v) is 8.41. The fourth-order valence-electron chi connectivity index (χ4n) is 2.97. The Kier molecular flexibility index (Phi) is 17.7. The zero-order valence-electron chi connectivity index (χ0n) is 16.3. The summed E-state index contributed by atoms with van der Waals surface area (Å²) in [7, 11) is 0. The summed E-state index contributed by atoms with van der Waals surface area (Å²) in [6, 6.07) is 8.70. The maximum absolute atomic E-state index is 6.60. The average molecular weight is 416 g/mol. The molecule has 1 aliphatic rings. The van der Waals surface area contributed by atoms with Crippen LogP contribution in [0.3, 0.4) is 0 Å². The molecule has 2 rings (SSSR count). The van der Waals surface area contributed by atoms with E-state index < -0.39 is 0 Å². The topological polar surface area (TPSA) is 23.8 Å². The number of hydrogen-bond donors (Lipinski definition) is 0. The van der Waals surface area contributed by atoms with Crippen molar-refractivity contribution in [3.8, 4) is 0 Å². The zero-order valence-corrected chi connectivity index (χ0v) is 19.4. The second-order valence-corrected chi connectivity index (χ2v) is 6.05. The third kappa shape index (κ3) is 7.53. The molecular formula is C21H31Cl2NTi-2. The van der Waals surface area contributed by atoms with E-state index in [1.54, 1.807) is 0 Å². The van der Waals surface area contributed by atoms with Gasteiger partial charge in [0.15, 0.2) is 0 Å². The minimum atomic E-state index is 0. The van der Waals surface area contributed by atoms with E-state index >= 15 is 0 Å². The Hall–Kier alpha value is -0.176. The molecule has 1 N–H and O–H groups in total. The summed E-state index contributed by atoms with van der Waals surface area (Å²) in [6.07, 6.45) is 4.41. The van der Waals surface area contributed by atoms with Crippen LogP contribution in [0.15, 0.2) is 41.0 Å². The van der Waals surface area contributed by atoms with Gasteiger partial charge in [0.1, 0.15) is 0 Å². The number of unbranched alkanes of at least 4 members (excludes halogenated alkanes) is 1. The maximum atomic E-state index is 6.60. The molecule has 0 saturated heterocycles. The van der Waals surface area contributed by atoms with Gasteiger partial charge in [-0.1, -0.05) is 56.4 Å². The van der Waals surface area contributed by atoms with E-state index in [0.717, 1.165) is 12.8 Å². The number of halogens is 2. The van der Waals surface area contributed by atoms with Gasteiger partial charge in [-0.25, -0.2) is 0 Å². The molecule has 0 bridgehead atoms. The molecule has 1 aliphatic carbocycles. The molecule has 0 radical (unpaired) electrons. The fraction of sp³-hybridized carbons (Fsp3) is 0.476. The standard InChI is InChI=1S/C17H21.C4H10N.2ClH.Ti/c1-6-15-9-7-8-10-16(15)17-13(4)11(2)12(3)14(17)5;1-2-3-4-5;;;/h6-10,13H,1-5H3;5H,2-4H2,1H3;2*1H;/q2*-1;;;+2/p-2. The average Bonchev–Trinajstić information content (AvgIpc) is 2.72. The number of rotatable bonds is 4. The van der Waals surface area contributed by atoms with E-state index in [2.05, 4.69) is 72.2 Å². The van der Waals surface area contributed by atoms with Gasteiger partial charge in [0, 0.05) is 0 Å². The Morgan fingerprint density at radius 3 is 1.96 bits per heavy atom. The summed E-state index contributed by atoms with van der Waals surface area (Å²) in [5.41, 5.74) is 15.3. The molecule has 0 aromatic heterocycles. The Morgan fingerprint density at radius 2 is 1.60 bits per heavy atom. The van der Waals surface area contributed by atoms with Gasteiger partial charge in [0.2, 0.25) is 0 Å². The van der Waals surface area contributed by atoms with Gasteiger partial charge >= 0.3 is 21.7 Å². The molecule has 0 amide bonds. The molecular weight excluding hydrogens is 385 g/mol. The molecule has 4 heteroatoms. The Balaban J connectivity index is -0.000000539. The van der Waals surface area contributed by atoms with Crippen molar-refractivity contribution >= 4 is 5.57 Å². The van der Waals surface area contributed by atoms with E-state index in [4.69, 9.17) is 5.73 Å². The predicted octanol–water partition coefficient (Wildman–Crippen LogP) is 0.863. The van der Waals surface area contributed by atoms with Crippen LogP contribution in [0.1, 0.15) is 65.5 Å². The molecule has 1 aromatic carbocycles.